The molecule has 0 saturated carbocycles. The molecule has 0 bridgehead atoms. The molecular weight excluding hydrogens is 522 g/mol. The maximum Gasteiger partial charge on any atom is 0.185 e. The molecule has 0 radical (unpaired) electrons. The van der Waals surface area contributed by atoms with Crippen LogP contribution in [0, 0.1) is 18.6 Å². The molecule has 210 valence electrons. The number of Topliss-reactive ketones (excluding diaryl/α,β-unsaturated/α-hetero) is 1. The molecule has 0 unspecified atom stereocenters. The van der Waals surface area contributed by atoms with E-state index in [1.165, 1.54) is 23.9 Å². The molecule has 0 atom stereocenters. The molecule has 3 heterocycles. The highest BCUT2D eigenvalue weighted by atomic mass is 19.1. The second-order valence-electron chi connectivity index (χ2n) is 10.4. The molecular formula is C33H32F2N4O2. The lowest BCUT2D eigenvalue weighted by Gasteiger charge is -2.36. The molecule has 41 heavy (non-hydrogen) atoms. The van der Waals surface area contributed by atoms with Crippen LogP contribution in [0.1, 0.15) is 34.2 Å². The van der Waals surface area contributed by atoms with Crippen LogP contribution >= 0.6 is 0 Å². The van der Waals surface area contributed by atoms with E-state index in [0.717, 1.165) is 49.1 Å². The lowest BCUT2D eigenvalue weighted by molar-refractivity contribution is 0.0987. The molecule has 0 spiro atoms. The zero-order valence-electron chi connectivity index (χ0n) is 23.2. The molecule has 2 aromatic heterocycles. The number of aromatic nitrogens is 2. The number of benzene rings is 3. The summed E-state index contributed by atoms with van der Waals surface area (Å²) in [4.78, 5) is 23.3. The minimum atomic E-state index is -0.672. The van der Waals surface area contributed by atoms with E-state index >= 15 is 0 Å². The van der Waals surface area contributed by atoms with Crippen LogP contribution in [0.2, 0.25) is 0 Å². The second kappa shape index (κ2) is 11.3. The van der Waals surface area contributed by atoms with E-state index < -0.39 is 11.6 Å². The molecule has 1 aliphatic rings. The maximum absolute atomic E-state index is 14.1. The number of hydrogen-bond acceptors (Lipinski definition) is 5. The maximum atomic E-state index is 14.1. The Balaban J connectivity index is 1.28. The van der Waals surface area contributed by atoms with Crippen molar-refractivity contribution in [2.75, 3.05) is 37.6 Å². The molecule has 5 aromatic rings. The van der Waals surface area contributed by atoms with Crippen molar-refractivity contribution in [1.82, 2.24) is 14.3 Å². The van der Waals surface area contributed by atoms with Gasteiger partial charge in [0.15, 0.2) is 17.2 Å². The molecule has 0 aliphatic carbocycles. The summed E-state index contributed by atoms with van der Waals surface area (Å²) < 4.78 is 35.8. The van der Waals surface area contributed by atoms with Crippen LogP contribution in [0.4, 0.5) is 14.5 Å². The summed E-state index contributed by atoms with van der Waals surface area (Å²) in [7, 11) is 0. The van der Waals surface area contributed by atoms with Crippen molar-refractivity contribution < 1.29 is 18.3 Å². The Bertz CT molecular complexity index is 1720. The lowest BCUT2D eigenvalue weighted by Crippen LogP contribution is -2.46. The van der Waals surface area contributed by atoms with Gasteiger partial charge in [-0.15, -0.1) is 0 Å². The summed E-state index contributed by atoms with van der Waals surface area (Å²) in [5.74, 6) is -1.07. The molecule has 1 saturated heterocycles. The number of nitrogens with zero attached hydrogens (tertiary/aromatic N) is 4. The Morgan fingerprint density at radius 2 is 1.63 bits per heavy atom. The third-order valence-electron chi connectivity index (χ3n) is 7.99. The Morgan fingerprint density at radius 3 is 2.37 bits per heavy atom. The quantitative estimate of drug-likeness (QED) is 0.213. The van der Waals surface area contributed by atoms with Gasteiger partial charge in [-0.25, -0.2) is 13.8 Å². The van der Waals surface area contributed by atoms with Crippen LogP contribution < -0.4 is 9.64 Å². The number of carbonyl (C=O) groups is 1. The van der Waals surface area contributed by atoms with Gasteiger partial charge in [0, 0.05) is 49.9 Å². The smallest absolute Gasteiger partial charge is 0.185 e. The van der Waals surface area contributed by atoms with Crippen LogP contribution in [0.25, 0.3) is 16.4 Å². The fraction of sp³-hybridized carbons (Fsp3) is 0.273. The Morgan fingerprint density at radius 1 is 0.902 bits per heavy atom. The summed E-state index contributed by atoms with van der Waals surface area (Å²) in [5, 5.41) is 2.22. The summed E-state index contributed by atoms with van der Waals surface area (Å²) in [6.45, 7) is 8.80. The number of likely N-dealkylation sites (N-methyl/N-ethyl adjacent to an activating group) is 1. The molecule has 6 rings (SSSR count). The van der Waals surface area contributed by atoms with Gasteiger partial charge in [0.1, 0.15) is 23.9 Å². The van der Waals surface area contributed by atoms with Crippen LogP contribution in [0.15, 0.2) is 72.9 Å². The number of rotatable bonds is 8. The van der Waals surface area contributed by atoms with Gasteiger partial charge in [0.25, 0.3) is 0 Å². The average molecular weight is 555 g/mol. The highest BCUT2D eigenvalue weighted by Crippen LogP contribution is 2.32. The van der Waals surface area contributed by atoms with E-state index in [1.54, 1.807) is 29.7 Å². The number of aryl methyl sites for hydroxylation is 1. The predicted molar refractivity (Wildman–Crippen MR) is 157 cm³/mol. The van der Waals surface area contributed by atoms with Crippen LogP contribution in [0.3, 0.4) is 0 Å². The van der Waals surface area contributed by atoms with Crippen molar-refractivity contribution in [2.45, 2.75) is 26.9 Å². The van der Waals surface area contributed by atoms with E-state index in [9.17, 15) is 13.6 Å². The standard InChI is InChI=1S/C33H32F2N4O2/c1-3-37-16-18-38(19-17-37)29-14-13-23(24-8-4-5-9-25(24)29)20-30(40)32-22(2)36-33-31(12-7-15-39(32)33)41-21-26-27(34)10-6-11-28(26)35/h4-15H,3,16-21H2,1-2H3. The highest BCUT2D eigenvalue weighted by molar-refractivity contribution is 6.03. The van der Waals surface area contributed by atoms with Gasteiger partial charge in [-0.05, 0) is 54.8 Å². The summed E-state index contributed by atoms with van der Waals surface area (Å²) in [6, 6.07) is 19.6. The normalized spacial score (nSPS) is 14.2. The first kappa shape index (κ1) is 26.9. The number of ketones is 1. The van der Waals surface area contributed by atoms with Gasteiger partial charge in [0.05, 0.1) is 11.3 Å². The van der Waals surface area contributed by atoms with Crippen molar-refractivity contribution >= 4 is 27.9 Å². The minimum Gasteiger partial charge on any atom is -0.485 e. The van der Waals surface area contributed by atoms with Crippen LogP contribution in [-0.4, -0.2) is 52.8 Å². The Hall–Kier alpha value is -4.30. The number of hydrogen-bond donors (Lipinski definition) is 0. The van der Waals surface area contributed by atoms with Gasteiger partial charge in [-0.2, -0.15) is 0 Å². The first-order valence-corrected chi connectivity index (χ1v) is 14.0. The Labute approximate surface area is 237 Å². The van der Waals surface area contributed by atoms with Gasteiger partial charge >= 0.3 is 0 Å². The summed E-state index contributed by atoms with van der Waals surface area (Å²) >= 11 is 0. The monoisotopic (exact) mass is 554 g/mol. The van der Waals surface area contributed by atoms with Crippen LogP contribution in [-0.2, 0) is 13.0 Å². The van der Waals surface area contributed by atoms with Crippen molar-refractivity contribution in [1.29, 1.82) is 0 Å². The van der Waals surface area contributed by atoms with Crippen molar-refractivity contribution in [3.05, 3.63) is 107 Å². The topological polar surface area (TPSA) is 50.1 Å². The zero-order valence-corrected chi connectivity index (χ0v) is 23.2. The number of anilines is 1. The first-order valence-electron chi connectivity index (χ1n) is 14.0. The fourth-order valence-electron chi connectivity index (χ4n) is 5.76. The van der Waals surface area contributed by atoms with E-state index in [0.29, 0.717) is 22.8 Å². The van der Waals surface area contributed by atoms with Gasteiger partial charge < -0.3 is 14.5 Å². The number of ether oxygens (including phenoxy) is 1. The second-order valence-corrected chi connectivity index (χ2v) is 10.4. The third-order valence-corrected chi connectivity index (χ3v) is 7.99. The van der Waals surface area contributed by atoms with E-state index in [2.05, 4.69) is 46.0 Å². The SMILES string of the molecule is CCN1CCN(c2ccc(CC(=O)c3c(C)nc4c(OCc5c(F)cccc5F)cccn34)c3ccccc23)CC1. The number of piperazine rings is 1. The number of halogens is 2. The molecule has 1 aliphatic heterocycles. The molecule has 6 nitrogen and oxygen atoms in total. The number of fused-ring (bicyclic) bond motifs is 2. The molecule has 1 fully saturated rings. The van der Waals surface area contributed by atoms with E-state index in [1.807, 2.05) is 12.1 Å². The van der Waals surface area contributed by atoms with Gasteiger partial charge in [0.2, 0.25) is 0 Å². The molecule has 3 aromatic carbocycles. The van der Waals surface area contributed by atoms with Gasteiger partial charge in [-0.3, -0.25) is 9.20 Å². The van der Waals surface area contributed by atoms with Crippen LogP contribution in [0.5, 0.6) is 5.75 Å². The molecule has 8 heteroatoms. The minimum absolute atomic E-state index is 0.0678. The Kier molecular flexibility index (Phi) is 7.41. The summed E-state index contributed by atoms with van der Waals surface area (Å²) in [6.07, 6.45) is 1.97. The van der Waals surface area contributed by atoms with E-state index in [4.69, 9.17) is 4.74 Å². The number of carbonyl (C=O) groups excluding carboxylic acids is 1. The van der Waals surface area contributed by atoms with Gasteiger partial charge in [-0.1, -0.05) is 43.3 Å². The van der Waals surface area contributed by atoms with E-state index in [-0.39, 0.29) is 24.4 Å². The van der Waals surface area contributed by atoms with Crippen molar-refractivity contribution in [2.24, 2.45) is 0 Å². The number of pyridine rings is 1. The van der Waals surface area contributed by atoms with Crippen molar-refractivity contribution in [3.8, 4) is 5.75 Å². The number of imidazole rings is 1. The molecule has 0 N–H and O–H groups in total. The molecule has 0 amide bonds. The highest BCUT2D eigenvalue weighted by Gasteiger charge is 2.22. The largest absolute Gasteiger partial charge is 0.485 e. The third kappa shape index (κ3) is 5.15. The lowest BCUT2D eigenvalue weighted by atomic mass is 9.97. The average Bonchev–Trinajstić information content (AvgIpc) is 3.33. The zero-order chi connectivity index (χ0) is 28.5. The predicted octanol–water partition coefficient (Wildman–Crippen LogP) is 6.22. The summed E-state index contributed by atoms with van der Waals surface area (Å²) in [5.41, 5.74) is 3.46. The van der Waals surface area contributed by atoms with Crippen molar-refractivity contribution in [3.63, 3.8) is 0 Å². The fourth-order valence-corrected chi connectivity index (χ4v) is 5.76. The first-order chi connectivity index (χ1) is 19.9.